The van der Waals surface area contributed by atoms with Crippen molar-refractivity contribution in [1.82, 2.24) is 9.78 Å². The average molecular weight is 321 g/mol. The first kappa shape index (κ1) is 15.5. The Morgan fingerprint density at radius 3 is 2.38 bits per heavy atom. The van der Waals surface area contributed by atoms with Crippen LogP contribution in [0.3, 0.4) is 0 Å². The molecule has 120 valence electrons. The highest BCUT2D eigenvalue weighted by Crippen LogP contribution is 2.13. The molecule has 0 atom stereocenters. The maximum atomic E-state index is 12.3. The van der Waals surface area contributed by atoms with E-state index in [1.807, 2.05) is 30.3 Å². The third kappa shape index (κ3) is 3.33. The van der Waals surface area contributed by atoms with Crippen molar-refractivity contribution in [2.45, 2.75) is 0 Å². The molecular weight excluding hydrogens is 306 g/mol. The minimum Gasteiger partial charge on any atom is -0.465 e. The predicted octanol–water partition coefficient (Wildman–Crippen LogP) is 2.91. The van der Waals surface area contributed by atoms with E-state index in [1.54, 1.807) is 35.1 Å². The van der Waals surface area contributed by atoms with Crippen LogP contribution in [0.4, 0.5) is 5.69 Å². The summed E-state index contributed by atoms with van der Waals surface area (Å²) >= 11 is 0. The summed E-state index contributed by atoms with van der Waals surface area (Å²) in [5, 5.41) is 6.95. The second-order valence-electron chi connectivity index (χ2n) is 5.03. The first-order chi connectivity index (χ1) is 11.7. The fourth-order valence-electron chi connectivity index (χ4n) is 2.17. The molecule has 0 fully saturated rings. The molecule has 1 N–H and O–H groups in total. The number of hydrogen-bond donors (Lipinski definition) is 1. The number of para-hydroxylation sites is 1. The second-order valence-corrected chi connectivity index (χ2v) is 5.03. The highest BCUT2D eigenvalue weighted by Gasteiger charge is 2.11. The first-order valence-corrected chi connectivity index (χ1v) is 7.27. The lowest BCUT2D eigenvalue weighted by Crippen LogP contribution is -2.11. The zero-order valence-corrected chi connectivity index (χ0v) is 13.0. The third-order valence-electron chi connectivity index (χ3n) is 3.43. The van der Waals surface area contributed by atoms with Gasteiger partial charge < -0.3 is 10.1 Å². The van der Waals surface area contributed by atoms with Gasteiger partial charge in [-0.25, -0.2) is 9.48 Å². The lowest BCUT2D eigenvalue weighted by molar-refractivity contribution is 0.0600. The van der Waals surface area contributed by atoms with Gasteiger partial charge in [0.25, 0.3) is 5.91 Å². The molecular formula is C18H15N3O3. The van der Waals surface area contributed by atoms with Crippen molar-refractivity contribution in [3.63, 3.8) is 0 Å². The summed E-state index contributed by atoms with van der Waals surface area (Å²) in [5.74, 6) is -0.694. The molecule has 0 saturated carbocycles. The van der Waals surface area contributed by atoms with Gasteiger partial charge in [-0.15, -0.1) is 0 Å². The maximum absolute atomic E-state index is 12.3. The highest BCUT2D eigenvalue weighted by molar-refractivity contribution is 6.04. The quantitative estimate of drug-likeness (QED) is 0.750. The number of nitrogens with one attached hydrogen (secondary N) is 1. The van der Waals surface area contributed by atoms with E-state index in [4.69, 9.17) is 0 Å². The fraction of sp³-hybridized carbons (Fsp3) is 0.0556. The van der Waals surface area contributed by atoms with Gasteiger partial charge in [0.2, 0.25) is 0 Å². The maximum Gasteiger partial charge on any atom is 0.337 e. The third-order valence-corrected chi connectivity index (χ3v) is 3.43. The van der Waals surface area contributed by atoms with Gasteiger partial charge >= 0.3 is 5.97 Å². The Bertz CT molecular complexity index is 855. The van der Waals surface area contributed by atoms with E-state index in [0.29, 0.717) is 16.8 Å². The Labute approximate surface area is 138 Å². The van der Waals surface area contributed by atoms with Crippen molar-refractivity contribution < 1.29 is 14.3 Å². The molecule has 0 saturated heterocycles. The molecule has 1 heterocycles. The Balaban J connectivity index is 1.71. The number of rotatable bonds is 4. The van der Waals surface area contributed by atoms with Crippen LogP contribution in [0.2, 0.25) is 0 Å². The molecule has 6 heteroatoms. The fourth-order valence-corrected chi connectivity index (χ4v) is 2.17. The van der Waals surface area contributed by atoms with Gasteiger partial charge in [-0.1, -0.05) is 18.2 Å². The van der Waals surface area contributed by atoms with Crippen LogP contribution in [0.25, 0.3) is 5.69 Å². The lowest BCUT2D eigenvalue weighted by Gasteiger charge is -2.04. The topological polar surface area (TPSA) is 73.2 Å². The largest absolute Gasteiger partial charge is 0.465 e. The molecule has 0 bridgehead atoms. The Morgan fingerprint density at radius 1 is 1.00 bits per heavy atom. The zero-order chi connectivity index (χ0) is 16.9. The van der Waals surface area contributed by atoms with Gasteiger partial charge in [0.05, 0.1) is 30.1 Å². The van der Waals surface area contributed by atoms with Crippen LogP contribution in [0.5, 0.6) is 0 Å². The van der Waals surface area contributed by atoms with Crippen LogP contribution in [-0.4, -0.2) is 28.8 Å². The Hall–Kier alpha value is -3.41. The molecule has 0 unspecified atom stereocenters. The number of nitrogens with zero attached hydrogens (tertiary/aromatic N) is 2. The number of carbonyl (C=O) groups excluding carboxylic acids is 2. The van der Waals surface area contributed by atoms with Crippen molar-refractivity contribution in [2.75, 3.05) is 12.4 Å². The molecule has 3 aromatic rings. The number of hydrogen-bond acceptors (Lipinski definition) is 4. The van der Waals surface area contributed by atoms with E-state index in [1.165, 1.54) is 13.3 Å². The first-order valence-electron chi connectivity index (χ1n) is 7.27. The van der Waals surface area contributed by atoms with Gasteiger partial charge in [0, 0.05) is 11.9 Å². The van der Waals surface area contributed by atoms with Crippen LogP contribution < -0.4 is 5.32 Å². The molecule has 24 heavy (non-hydrogen) atoms. The molecule has 1 aromatic heterocycles. The van der Waals surface area contributed by atoms with Gasteiger partial charge in [-0.05, 0) is 36.4 Å². The molecule has 2 aromatic carbocycles. The number of aromatic nitrogens is 2. The summed E-state index contributed by atoms with van der Waals surface area (Å²) in [6.07, 6.45) is 3.17. The standard InChI is InChI=1S/C18H15N3O3/c1-24-18(23)13-7-9-15(10-8-13)20-17(22)14-11-19-21(12-14)16-5-3-2-4-6-16/h2-12H,1H3,(H,20,22). The molecule has 0 aliphatic carbocycles. The van der Waals surface area contributed by atoms with E-state index in [-0.39, 0.29) is 5.91 Å². The minimum absolute atomic E-state index is 0.275. The van der Waals surface area contributed by atoms with Crippen molar-refractivity contribution in [2.24, 2.45) is 0 Å². The van der Waals surface area contributed by atoms with Crippen molar-refractivity contribution in [3.05, 3.63) is 78.1 Å². The number of anilines is 1. The second kappa shape index (κ2) is 6.78. The average Bonchev–Trinajstić information content (AvgIpc) is 3.13. The number of ether oxygens (including phenoxy) is 1. The molecule has 6 nitrogen and oxygen atoms in total. The van der Waals surface area contributed by atoms with Gasteiger partial charge in [-0.3, -0.25) is 4.79 Å². The summed E-state index contributed by atoms with van der Waals surface area (Å²) in [7, 11) is 1.32. The number of methoxy groups -OCH3 is 1. The van der Waals surface area contributed by atoms with Crippen molar-refractivity contribution in [1.29, 1.82) is 0 Å². The normalized spacial score (nSPS) is 10.2. The smallest absolute Gasteiger partial charge is 0.337 e. The number of esters is 1. The van der Waals surface area contributed by atoms with Crippen LogP contribution in [0.1, 0.15) is 20.7 Å². The van der Waals surface area contributed by atoms with E-state index < -0.39 is 5.97 Å². The van der Waals surface area contributed by atoms with E-state index in [9.17, 15) is 9.59 Å². The minimum atomic E-state index is -0.419. The molecule has 0 aliphatic heterocycles. The van der Waals surface area contributed by atoms with E-state index in [0.717, 1.165) is 5.69 Å². The number of amides is 1. The van der Waals surface area contributed by atoms with Crippen LogP contribution in [0, 0.1) is 0 Å². The summed E-state index contributed by atoms with van der Waals surface area (Å²) in [5.41, 5.74) is 2.32. The van der Waals surface area contributed by atoms with Gasteiger partial charge in [0.15, 0.2) is 0 Å². The van der Waals surface area contributed by atoms with Crippen molar-refractivity contribution in [3.8, 4) is 5.69 Å². The van der Waals surface area contributed by atoms with Crippen LogP contribution >= 0.6 is 0 Å². The van der Waals surface area contributed by atoms with Gasteiger partial charge in [-0.2, -0.15) is 5.10 Å². The molecule has 0 aliphatic rings. The summed E-state index contributed by atoms with van der Waals surface area (Å²) in [6.45, 7) is 0. The SMILES string of the molecule is COC(=O)c1ccc(NC(=O)c2cnn(-c3ccccc3)c2)cc1. The van der Waals surface area contributed by atoms with Crippen molar-refractivity contribution >= 4 is 17.6 Å². The summed E-state index contributed by atoms with van der Waals surface area (Å²) in [4.78, 5) is 23.7. The molecule has 0 radical (unpaired) electrons. The van der Waals surface area contributed by atoms with Gasteiger partial charge in [0.1, 0.15) is 0 Å². The molecule has 3 rings (SSSR count). The summed E-state index contributed by atoms with van der Waals surface area (Å²) in [6, 6.07) is 16.0. The molecule has 0 spiro atoms. The Kier molecular flexibility index (Phi) is 4.38. The monoisotopic (exact) mass is 321 g/mol. The van der Waals surface area contributed by atoms with Crippen LogP contribution in [0.15, 0.2) is 67.0 Å². The van der Waals surface area contributed by atoms with E-state index >= 15 is 0 Å². The predicted molar refractivity (Wildman–Crippen MR) is 89.3 cm³/mol. The number of carbonyl (C=O) groups is 2. The summed E-state index contributed by atoms with van der Waals surface area (Å²) < 4.78 is 6.27. The highest BCUT2D eigenvalue weighted by atomic mass is 16.5. The number of benzene rings is 2. The lowest BCUT2D eigenvalue weighted by atomic mass is 10.2. The van der Waals surface area contributed by atoms with E-state index in [2.05, 4.69) is 15.2 Å². The zero-order valence-electron chi connectivity index (χ0n) is 13.0. The molecule has 1 amide bonds. The van der Waals surface area contributed by atoms with Crippen LogP contribution in [-0.2, 0) is 4.74 Å². The Morgan fingerprint density at radius 2 is 1.71 bits per heavy atom.